The van der Waals surface area contributed by atoms with Gasteiger partial charge in [-0.3, -0.25) is 0 Å². The Morgan fingerprint density at radius 1 is 1.41 bits per heavy atom. The molecule has 0 saturated heterocycles. The topological polar surface area (TPSA) is 35.8 Å². The maximum absolute atomic E-state index is 8.93. The first-order valence-corrected chi connectivity index (χ1v) is 7.79. The van der Waals surface area contributed by atoms with Gasteiger partial charge in [-0.05, 0) is 43.7 Å². The Morgan fingerprint density at radius 2 is 2.24 bits per heavy atom. The molecule has 0 radical (unpaired) electrons. The zero-order valence-electron chi connectivity index (χ0n) is 9.74. The molecule has 1 aromatic carbocycles. The van der Waals surface area contributed by atoms with Gasteiger partial charge in [0.15, 0.2) is 0 Å². The summed E-state index contributed by atoms with van der Waals surface area (Å²) in [5.41, 5.74) is 1.74. The van der Waals surface area contributed by atoms with E-state index < -0.39 is 0 Å². The van der Waals surface area contributed by atoms with Crippen molar-refractivity contribution in [1.82, 2.24) is 0 Å². The normalized spacial score (nSPS) is 23.4. The van der Waals surface area contributed by atoms with E-state index in [9.17, 15) is 0 Å². The fraction of sp³-hybridized carbons (Fsp3) is 0.462. The van der Waals surface area contributed by atoms with E-state index in [-0.39, 0.29) is 0 Å². The van der Waals surface area contributed by atoms with Crippen LogP contribution in [0.15, 0.2) is 22.7 Å². The third-order valence-corrected chi connectivity index (χ3v) is 4.67. The third-order valence-electron chi connectivity index (χ3n) is 3.12. The van der Waals surface area contributed by atoms with Gasteiger partial charge < -0.3 is 5.32 Å². The molecule has 1 aliphatic carbocycles. The Labute approximate surface area is 115 Å². The molecule has 2 nitrogen and oxygen atoms in total. The van der Waals surface area contributed by atoms with E-state index in [1.165, 1.54) is 19.3 Å². The van der Waals surface area contributed by atoms with E-state index >= 15 is 0 Å². The third kappa shape index (κ3) is 3.40. The molecule has 4 heteroatoms. The fourth-order valence-electron chi connectivity index (χ4n) is 2.26. The van der Waals surface area contributed by atoms with E-state index in [1.54, 1.807) is 0 Å². The number of rotatable bonds is 3. The average Bonchev–Trinajstić information content (AvgIpc) is 2.76. The lowest BCUT2D eigenvalue weighted by atomic mass is 10.2. The molecule has 0 spiro atoms. The number of thioether (sulfide) groups is 1. The van der Waals surface area contributed by atoms with Crippen LogP contribution in [-0.2, 0) is 0 Å². The molecule has 2 atom stereocenters. The summed E-state index contributed by atoms with van der Waals surface area (Å²) in [5, 5.41) is 13.2. The Hall–Kier alpha value is -0.660. The number of nitrogens with one attached hydrogen (secondary N) is 1. The predicted molar refractivity (Wildman–Crippen MR) is 77.4 cm³/mol. The van der Waals surface area contributed by atoms with Gasteiger partial charge in [0.25, 0.3) is 0 Å². The largest absolute Gasteiger partial charge is 0.382 e. The summed E-state index contributed by atoms with van der Waals surface area (Å²) in [6.45, 7) is 0. The molecule has 2 rings (SSSR count). The number of halogens is 1. The van der Waals surface area contributed by atoms with Crippen LogP contribution in [0.3, 0.4) is 0 Å². The van der Waals surface area contributed by atoms with Crippen molar-refractivity contribution in [1.29, 1.82) is 5.26 Å². The Morgan fingerprint density at radius 3 is 2.88 bits per heavy atom. The van der Waals surface area contributed by atoms with E-state index in [0.29, 0.717) is 11.6 Å². The molecule has 17 heavy (non-hydrogen) atoms. The summed E-state index contributed by atoms with van der Waals surface area (Å²) in [7, 11) is 0. The molecule has 0 amide bonds. The second-order valence-corrected chi connectivity index (χ2v) is 6.41. The second-order valence-electron chi connectivity index (χ2n) is 4.35. The molecule has 0 bridgehead atoms. The first kappa shape index (κ1) is 12.8. The zero-order valence-corrected chi connectivity index (χ0v) is 12.1. The molecule has 1 saturated carbocycles. The van der Waals surface area contributed by atoms with Crippen LogP contribution < -0.4 is 5.32 Å². The molecular formula is C13H15BrN2S. The number of hydrogen-bond acceptors (Lipinski definition) is 3. The van der Waals surface area contributed by atoms with Gasteiger partial charge in [-0.25, -0.2) is 0 Å². The van der Waals surface area contributed by atoms with Gasteiger partial charge in [-0.15, -0.1) is 0 Å². The molecule has 2 unspecified atom stereocenters. The highest BCUT2D eigenvalue weighted by atomic mass is 79.9. The molecule has 0 aromatic heterocycles. The van der Waals surface area contributed by atoms with E-state index in [4.69, 9.17) is 5.26 Å². The smallest absolute Gasteiger partial charge is 0.0992 e. The van der Waals surface area contributed by atoms with Crippen LogP contribution in [0.2, 0.25) is 0 Å². The average molecular weight is 311 g/mol. The molecule has 1 aromatic rings. The van der Waals surface area contributed by atoms with Gasteiger partial charge in [0.2, 0.25) is 0 Å². The van der Waals surface area contributed by atoms with Crippen molar-refractivity contribution in [3.05, 3.63) is 28.2 Å². The SMILES string of the molecule is CSC1CCC(Nc2cc(Br)cc(C#N)c2)C1. The van der Waals surface area contributed by atoms with Gasteiger partial charge in [0.1, 0.15) is 0 Å². The quantitative estimate of drug-likeness (QED) is 0.916. The van der Waals surface area contributed by atoms with Crippen LogP contribution in [0.5, 0.6) is 0 Å². The molecule has 1 aliphatic rings. The Kier molecular flexibility index (Phi) is 4.36. The fourth-order valence-corrected chi connectivity index (χ4v) is 3.55. The predicted octanol–water partition coefficient (Wildman–Crippen LogP) is 4.02. The minimum absolute atomic E-state index is 0.549. The minimum atomic E-state index is 0.549. The van der Waals surface area contributed by atoms with Crippen molar-refractivity contribution in [3.63, 3.8) is 0 Å². The van der Waals surface area contributed by atoms with Crippen molar-refractivity contribution >= 4 is 33.4 Å². The second kappa shape index (κ2) is 5.79. The van der Waals surface area contributed by atoms with Crippen LogP contribution in [0.25, 0.3) is 0 Å². The number of hydrogen-bond donors (Lipinski definition) is 1. The van der Waals surface area contributed by atoms with E-state index in [0.717, 1.165) is 15.4 Å². The lowest BCUT2D eigenvalue weighted by molar-refractivity contribution is 0.757. The molecule has 0 aliphatic heterocycles. The highest BCUT2D eigenvalue weighted by Crippen LogP contribution is 2.31. The molecular weight excluding hydrogens is 296 g/mol. The maximum Gasteiger partial charge on any atom is 0.0992 e. The number of anilines is 1. The monoisotopic (exact) mass is 310 g/mol. The molecule has 1 fully saturated rings. The van der Waals surface area contributed by atoms with Crippen molar-refractivity contribution in [3.8, 4) is 6.07 Å². The van der Waals surface area contributed by atoms with Gasteiger partial charge in [-0.2, -0.15) is 17.0 Å². The van der Waals surface area contributed by atoms with Gasteiger partial charge >= 0.3 is 0 Å². The van der Waals surface area contributed by atoms with Crippen LogP contribution in [0.1, 0.15) is 24.8 Å². The van der Waals surface area contributed by atoms with Gasteiger partial charge in [0, 0.05) is 21.5 Å². The van der Waals surface area contributed by atoms with Crippen LogP contribution in [-0.4, -0.2) is 17.5 Å². The number of nitrogens with zero attached hydrogens (tertiary/aromatic N) is 1. The summed E-state index contributed by atoms with van der Waals surface area (Å²) >= 11 is 5.39. The van der Waals surface area contributed by atoms with Crippen LogP contribution in [0.4, 0.5) is 5.69 Å². The van der Waals surface area contributed by atoms with Gasteiger partial charge in [-0.1, -0.05) is 15.9 Å². The van der Waals surface area contributed by atoms with Crippen molar-refractivity contribution in [2.75, 3.05) is 11.6 Å². The van der Waals surface area contributed by atoms with Crippen molar-refractivity contribution in [2.24, 2.45) is 0 Å². The summed E-state index contributed by atoms with van der Waals surface area (Å²) in [6.07, 6.45) is 5.91. The lowest BCUT2D eigenvalue weighted by Crippen LogP contribution is -2.15. The summed E-state index contributed by atoms with van der Waals surface area (Å²) < 4.78 is 0.957. The van der Waals surface area contributed by atoms with Gasteiger partial charge in [0.05, 0.1) is 11.6 Å². The maximum atomic E-state index is 8.93. The van der Waals surface area contributed by atoms with E-state index in [1.807, 2.05) is 30.0 Å². The summed E-state index contributed by atoms with van der Waals surface area (Å²) in [5.74, 6) is 0. The molecule has 0 heterocycles. The highest BCUT2D eigenvalue weighted by Gasteiger charge is 2.23. The summed E-state index contributed by atoms with van der Waals surface area (Å²) in [4.78, 5) is 0. The highest BCUT2D eigenvalue weighted by molar-refractivity contribution is 9.10. The number of nitriles is 1. The minimum Gasteiger partial charge on any atom is -0.382 e. The molecule has 1 N–H and O–H groups in total. The van der Waals surface area contributed by atoms with Crippen LogP contribution in [0, 0.1) is 11.3 Å². The van der Waals surface area contributed by atoms with E-state index in [2.05, 4.69) is 33.6 Å². The van der Waals surface area contributed by atoms with Crippen molar-refractivity contribution in [2.45, 2.75) is 30.6 Å². The number of benzene rings is 1. The first-order chi connectivity index (χ1) is 8.21. The van der Waals surface area contributed by atoms with Crippen molar-refractivity contribution < 1.29 is 0 Å². The Bertz CT molecular complexity index is 442. The zero-order chi connectivity index (χ0) is 12.3. The lowest BCUT2D eigenvalue weighted by Gasteiger charge is -2.14. The first-order valence-electron chi connectivity index (χ1n) is 5.71. The summed E-state index contributed by atoms with van der Waals surface area (Å²) in [6, 6.07) is 8.51. The molecule has 90 valence electrons. The van der Waals surface area contributed by atoms with Crippen LogP contribution >= 0.6 is 27.7 Å². The Balaban J connectivity index is 2.04. The standard InChI is InChI=1S/C13H15BrN2S/c1-17-13-3-2-11(7-13)16-12-5-9(8-15)4-10(14)6-12/h4-6,11,13,16H,2-3,7H2,1H3.